The normalized spacial score (nSPS) is 12.7. The number of halogens is 1. The molecule has 2 N–H and O–H groups in total. The summed E-state index contributed by atoms with van der Waals surface area (Å²) in [6.07, 6.45) is 0. The van der Waals surface area contributed by atoms with Crippen LogP contribution in [0.3, 0.4) is 0 Å². The van der Waals surface area contributed by atoms with Gasteiger partial charge in [0.25, 0.3) is 0 Å². The highest BCUT2D eigenvalue weighted by atomic mass is 35.5. The first-order valence-corrected chi connectivity index (χ1v) is 8.66. The molecule has 24 heavy (non-hydrogen) atoms. The maximum absolute atomic E-state index is 6.57. The molecule has 0 saturated carbocycles. The Morgan fingerprint density at radius 3 is 2.08 bits per heavy atom. The summed E-state index contributed by atoms with van der Waals surface area (Å²) in [5.41, 5.74) is 7.78. The minimum absolute atomic E-state index is 0. The van der Waals surface area contributed by atoms with E-state index in [0.717, 1.165) is 0 Å². The molecule has 0 aliphatic carbocycles. The van der Waals surface area contributed by atoms with Crippen LogP contribution in [0.5, 0.6) is 0 Å². The van der Waals surface area contributed by atoms with E-state index in [1.165, 1.54) is 42.8 Å². The molecule has 118 valence electrons. The average Bonchev–Trinajstić information content (AvgIpc) is 3.13. The summed E-state index contributed by atoms with van der Waals surface area (Å²) in [6, 6.07) is 23.9. The fourth-order valence-electron chi connectivity index (χ4n) is 3.65. The van der Waals surface area contributed by atoms with E-state index in [2.05, 4.69) is 72.1 Å². The van der Waals surface area contributed by atoms with Gasteiger partial charge in [0.2, 0.25) is 0 Å². The van der Waals surface area contributed by atoms with Crippen molar-refractivity contribution in [3.63, 3.8) is 0 Å². The number of thiophene rings is 1. The summed E-state index contributed by atoms with van der Waals surface area (Å²) in [4.78, 5) is 1.21. The lowest BCUT2D eigenvalue weighted by atomic mass is 9.90. The molecule has 4 aromatic carbocycles. The average molecular weight is 350 g/mol. The second kappa shape index (κ2) is 5.75. The van der Waals surface area contributed by atoms with Crippen molar-refractivity contribution in [1.82, 2.24) is 0 Å². The Morgan fingerprint density at radius 2 is 1.38 bits per heavy atom. The lowest BCUT2D eigenvalue weighted by Crippen LogP contribution is -2.10. The van der Waals surface area contributed by atoms with E-state index in [0.29, 0.717) is 0 Å². The van der Waals surface area contributed by atoms with Crippen LogP contribution in [0.25, 0.3) is 32.3 Å². The lowest BCUT2D eigenvalue weighted by molar-refractivity contribution is 0.904. The summed E-state index contributed by atoms with van der Waals surface area (Å²) in [5, 5.41) is 9.92. The molecule has 1 nitrogen and oxygen atoms in total. The first kappa shape index (κ1) is 15.4. The molecule has 1 aromatic heterocycles. The third-order valence-electron chi connectivity index (χ3n) is 4.75. The number of nitrogens with two attached hydrogens (primary N) is 1. The molecule has 0 bridgehead atoms. The van der Waals surface area contributed by atoms with Gasteiger partial charge >= 0.3 is 0 Å². The maximum atomic E-state index is 6.57. The Labute approximate surface area is 150 Å². The highest BCUT2D eigenvalue weighted by molar-refractivity contribution is 7.10. The molecule has 5 aromatic rings. The quantitative estimate of drug-likeness (QED) is 0.382. The van der Waals surface area contributed by atoms with Crippen molar-refractivity contribution < 1.29 is 0 Å². The fraction of sp³-hybridized carbons (Fsp3) is 0.0476. The van der Waals surface area contributed by atoms with Gasteiger partial charge in [-0.05, 0) is 49.3 Å². The Morgan fingerprint density at radius 1 is 0.708 bits per heavy atom. The van der Waals surface area contributed by atoms with Crippen molar-refractivity contribution in [3.05, 3.63) is 82.6 Å². The Balaban J connectivity index is 0.00000146. The zero-order valence-electron chi connectivity index (χ0n) is 12.9. The molecule has 0 spiro atoms. The second-order valence-electron chi connectivity index (χ2n) is 6.00. The van der Waals surface area contributed by atoms with Crippen LogP contribution in [0.4, 0.5) is 0 Å². The minimum Gasteiger partial charge on any atom is -0.320 e. The van der Waals surface area contributed by atoms with E-state index in [-0.39, 0.29) is 18.4 Å². The molecule has 0 saturated heterocycles. The van der Waals surface area contributed by atoms with E-state index < -0.39 is 0 Å². The Bertz CT molecular complexity index is 1120. The largest absolute Gasteiger partial charge is 0.320 e. The molecule has 1 heterocycles. The fourth-order valence-corrected chi connectivity index (χ4v) is 4.40. The van der Waals surface area contributed by atoms with E-state index in [1.54, 1.807) is 11.3 Å². The Hall–Kier alpha value is -2.13. The lowest BCUT2D eigenvalue weighted by Gasteiger charge is -2.17. The summed E-state index contributed by atoms with van der Waals surface area (Å²) in [5.74, 6) is 0. The first-order valence-electron chi connectivity index (χ1n) is 7.78. The first-order chi connectivity index (χ1) is 11.3. The zero-order chi connectivity index (χ0) is 15.4. The van der Waals surface area contributed by atoms with E-state index in [1.807, 2.05) is 0 Å². The number of hydrogen-bond donors (Lipinski definition) is 1. The number of rotatable bonds is 2. The van der Waals surface area contributed by atoms with Crippen molar-refractivity contribution in [2.24, 2.45) is 5.73 Å². The highest BCUT2D eigenvalue weighted by Gasteiger charge is 2.16. The standard InChI is InChI=1S/C21H15NS.ClH/c22-21(18-5-2-12-23-18)17-11-9-15-7-6-13-3-1-4-14-8-10-16(17)20(15)19(13)14;/h1-12,21H,22H2;1H/t21-;/m0./s1. The van der Waals surface area contributed by atoms with Crippen molar-refractivity contribution in [1.29, 1.82) is 0 Å². The second-order valence-corrected chi connectivity index (χ2v) is 6.98. The van der Waals surface area contributed by atoms with Gasteiger partial charge in [-0.3, -0.25) is 0 Å². The predicted octanol–water partition coefficient (Wildman–Crippen LogP) is 6.12. The van der Waals surface area contributed by atoms with Gasteiger partial charge in [-0.1, -0.05) is 60.7 Å². The Kier molecular flexibility index (Phi) is 3.69. The van der Waals surface area contributed by atoms with Crippen LogP contribution in [0.2, 0.25) is 0 Å². The molecular formula is C21H16ClNS. The number of benzene rings is 4. The van der Waals surface area contributed by atoms with Crippen molar-refractivity contribution in [2.45, 2.75) is 6.04 Å². The zero-order valence-corrected chi connectivity index (χ0v) is 14.5. The van der Waals surface area contributed by atoms with Crippen molar-refractivity contribution >= 4 is 56.1 Å². The summed E-state index contributed by atoms with van der Waals surface area (Å²) in [6.45, 7) is 0. The van der Waals surface area contributed by atoms with Gasteiger partial charge in [-0.25, -0.2) is 0 Å². The highest BCUT2D eigenvalue weighted by Crippen LogP contribution is 2.38. The van der Waals surface area contributed by atoms with Gasteiger partial charge < -0.3 is 5.73 Å². The topological polar surface area (TPSA) is 26.0 Å². The summed E-state index contributed by atoms with van der Waals surface area (Å²) >= 11 is 1.72. The van der Waals surface area contributed by atoms with Gasteiger partial charge in [0.05, 0.1) is 6.04 Å². The van der Waals surface area contributed by atoms with Gasteiger partial charge in [-0.2, -0.15) is 0 Å². The SMILES string of the molecule is Cl.N[C@H](c1cccs1)c1ccc2ccc3cccc4ccc1c2c34. The monoisotopic (exact) mass is 349 g/mol. The van der Waals surface area contributed by atoms with Gasteiger partial charge in [0.1, 0.15) is 0 Å². The van der Waals surface area contributed by atoms with Crippen LogP contribution in [-0.4, -0.2) is 0 Å². The molecule has 5 rings (SSSR count). The molecule has 0 amide bonds. The van der Waals surface area contributed by atoms with Crippen molar-refractivity contribution in [3.8, 4) is 0 Å². The van der Waals surface area contributed by atoms with Gasteiger partial charge in [0, 0.05) is 4.88 Å². The van der Waals surface area contributed by atoms with Crippen LogP contribution in [0, 0.1) is 0 Å². The number of hydrogen-bond acceptors (Lipinski definition) is 2. The molecular weight excluding hydrogens is 334 g/mol. The third kappa shape index (κ3) is 2.11. The summed E-state index contributed by atoms with van der Waals surface area (Å²) < 4.78 is 0. The summed E-state index contributed by atoms with van der Waals surface area (Å²) in [7, 11) is 0. The molecule has 0 radical (unpaired) electrons. The molecule has 0 aliphatic rings. The maximum Gasteiger partial charge on any atom is 0.0652 e. The van der Waals surface area contributed by atoms with Crippen LogP contribution < -0.4 is 5.73 Å². The van der Waals surface area contributed by atoms with E-state index in [9.17, 15) is 0 Å². The smallest absolute Gasteiger partial charge is 0.0652 e. The van der Waals surface area contributed by atoms with Gasteiger partial charge in [-0.15, -0.1) is 23.7 Å². The molecule has 0 fully saturated rings. The van der Waals surface area contributed by atoms with Crippen LogP contribution in [0.15, 0.2) is 72.1 Å². The molecule has 1 atom stereocenters. The van der Waals surface area contributed by atoms with Crippen LogP contribution >= 0.6 is 23.7 Å². The molecule has 3 heteroatoms. The third-order valence-corrected chi connectivity index (χ3v) is 5.70. The van der Waals surface area contributed by atoms with Crippen LogP contribution in [-0.2, 0) is 0 Å². The van der Waals surface area contributed by atoms with E-state index in [4.69, 9.17) is 5.73 Å². The van der Waals surface area contributed by atoms with Crippen molar-refractivity contribution in [2.75, 3.05) is 0 Å². The van der Waals surface area contributed by atoms with Crippen LogP contribution in [0.1, 0.15) is 16.5 Å². The predicted molar refractivity (Wildman–Crippen MR) is 108 cm³/mol. The van der Waals surface area contributed by atoms with E-state index >= 15 is 0 Å². The molecule has 0 unspecified atom stereocenters. The minimum atomic E-state index is -0.0698. The molecule has 0 aliphatic heterocycles. The van der Waals surface area contributed by atoms with Gasteiger partial charge in [0.15, 0.2) is 0 Å².